The van der Waals surface area contributed by atoms with E-state index in [0.29, 0.717) is 12.5 Å². The molecule has 2 heterocycles. The molecule has 0 bridgehead atoms. The number of nitrogens with zero attached hydrogens (tertiary/aromatic N) is 3. The number of hydrogen-bond donors (Lipinski definition) is 0. The summed E-state index contributed by atoms with van der Waals surface area (Å²) in [5.74, 6) is 1.30. The predicted molar refractivity (Wildman–Crippen MR) is 78.4 cm³/mol. The van der Waals surface area contributed by atoms with Crippen LogP contribution in [0, 0.1) is 0 Å². The van der Waals surface area contributed by atoms with Crippen molar-refractivity contribution in [2.75, 3.05) is 6.61 Å². The summed E-state index contributed by atoms with van der Waals surface area (Å²) in [4.78, 5) is 8.82. The van der Waals surface area contributed by atoms with E-state index in [-0.39, 0.29) is 0 Å². The van der Waals surface area contributed by atoms with Crippen molar-refractivity contribution in [2.45, 2.75) is 44.9 Å². The Morgan fingerprint density at radius 3 is 2.80 bits per heavy atom. The first kappa shape index (κ1) is 13.2. The van der Waals surface area contributed by atoms with Crippen molar-refractivity contribution >= 4 is 0 Å². The highest BCUT2D eigenvalue weighted by Crippen LogP contribution is 2.33. The normalized spacial score (nSPS) is 16.2. The Balaban J connectivity index is 1.95. The first-order chi connectivity index (χ1) is 9.86. The Kier molecular flexibility index (Phi) is 4.00. The molecule has 0 N–H and O–H groups in total. The molecule has 1 aliphatic rings. The first-order valence-corrected chi connectivity index (χ1v) is 7.50. The van der Waals surface area contributed by atoms with Crippen molar-refractivity contribution < 1.29 is 4.74 Å². The molecular formula is C16H21N3O. The van der Waals surface area contributed by atoms with Gasteiger partial charge in [0.1, 0.15) is 0 Å². The Morgan fingerprint density at radius 1 is 1.25 bits per heavy atom. The number of imidazole rings is 1. The first-order valence-electron chi connectivity index (χ1n) is 7.50. The Labute approximate surface area is 119 Å². The quantitative estimate of drug-likeness (QED) is 0.851. The minimum Gasteiger partial charge on any atom is -0.478 e. The van der Waals surface area contributed by atoms with Crippen molar-refractivity contribution in [2.24, 2.45) is 0 Å². The van der Waals surface area contributed by atoms with Gasteiger partial charge in [-0.05, 0) is 25.8 Å². The second-order valence-electron chi connectivity index (χ2n) is 5.33. The molecule has 0 aliphatic heterocycles. The molecule has 20 heavy (non-hydrogen) atoms. The lowest BCUT2D eigenvalue weighted by atomic mass is 9.86. The largest absolute Gasteiger partial charge is 0.478 e. The van der Waals surface area contributed by atoms with Crippen LogP contribution in [0.25, 0.3) is 5.69 Å². The number of aromatic nitrogens is 3. The summed E-state index contributed by atoms with van der Waals surface area (Å²) in [6.45, 7) is 2.64. The summed E-state index contributed by atoms with van der Waals surface area (Å²) in [6.07, 6.45) is 12.0. The minimum atomic E-state index is 0.575. The van der Waals surface area contributed by atoms with Crippen LogP contribution in [0.4, 0.5) is 0 Å². The van der Waals surface area contributed by atoms with Gasteiger partial charge in [-0.3, -0.25) is 0 Å². The molecule has 1 saturated carbocycles. The van der Waals surface area contributed by atoms with Crippen LogP contribution >= 0.6 is 0 Å². The highest BCUT2D eigenvalue weighted by atomic mass is 16.5. The second kappa shape index (κ2) is 6.07. The standard InChI is InChI=1S/C16H21N3O/c1-2-20-16-11-14(19-9-8-17-12-19)10-15(18-16)13-6-4-3-5-7-13/h8-13H,2-7H2,1H3. The van der Waals surface area contributed by atoms with Crippen molar-refractivity contribution in [3.63, 3.8) is 0 Å². The highest BCUT2D eigenvalue weighted by Gasteiger charge is 2.18. The highest BCUT2D eigenvalue weighted by molar-refractivity contribution is 5.38. The van der Waals surface area contributed by atoms with E-state index < -0.39 is 0 Å². The zero-order valence-corrected chi connectivity index (χ0v) is 12.0. The lowest BCUT2D eigenvalue weighted by molar-refractivity contribution is 0.323. The van der Waals surface area contributed by atoms with Crippen LogP contribution in [-0.4, -0.2) is 21.1 Å². The van der Waals surface area contributed by atoms with Crippen molar-refractivity contribution in [1.29, 1.82) is 0 Å². The van der Waals surface area contributed by atoms with E-state index >= 15 is 0 Å². The van der Waals surface area contributed by atoms with Gasteiger partial charge in [-0.25, -0.2) is 9.97 Å². The Hall–Kier alpha value is -1.84. The summed E-state index contributed by atoms with van der Waals surface area (Å²) in [7, 11) is 0. The van der Waals surface area contributed by atoms with Crippen LogP contribution in [0.15, 0.2) is 30.9 Å². The fourth-order valence-electron chi connectivity index (χ4n) is 2.90. The van der Waals surface area contributed by atoms with Gasteiger partial charge < -0.3 is 9.30 Å². The summed E-state index contributed by atoms with van der Waals surface area (Å²) in [5.41, 5.74) is 2.25. The molecule has 0 amide bonds. The third kappa shape index (κ3) is 2.84. The Bertz CT molecular complexity index is 545. The average Bonchev–Trinajstić information content (AvgIpc) is 3.02. The predicted octanol–water partition coefficient (Wildman–Crippen LogP) is 3.71. The van der Waals surface area contributed by atoms with Gasteiger partial charge >= 0.3 is 0 Å². The molecule has 0 saturated heterocycles. The maximum absolute atomic E-state index is 5.63. The van der Waals surface area contributed by atoms with Gasteiger partial charge in [-0.1, -0.05) is 19.3 Å². The van der Waals surface area contributed by atoms with Gasteiger partial charge in [0, 0.05) is 30.1 Å². The third-order valence-electron chi connectivity index (χ3n) is 3.92. The molecule has 0 spiro atoms. The van der Waals surface area contributed by atoms with E-state index in [1.807, 2.05) is 30.1 Å². The van der Waals surface area contributed by atoms with E-state index in [4.69, 9.17) is 9.72 Å². The minimum absolute atomic E-state index is 0.575. The monoisotopic (exact) mass is 271 g/mol. The molecule has 2 aromatic rings. The molecule has 106 valence electrons. The van der Waals surface area contributed by atoms with Crippen LogP contribution in [-0.2, 0) is 0 Å². The smallest absolute Gasteiger partial charge is 0.215 e. The van der Waals surface area contributed by atoms with E-state index in [0.717, 1.165) is 11.6 Å². The Morgan fingerprint density at radius 2 is 2.10 bits per heavy atom. The summed E-state index contributed by atoms with van der Waals surface area (Å²) in [5, 5.41) is 0. The van der Waals surface area contributed by atoms with E-state index in [1.54, 1.807) is 6.20 Å². The van der Waals surface area contributed by atoms with Crippen molar-refractivity contribution in [1.82, 2.24) is 14.5 Å². The van der Waals surface area contributed by atoms with Crippen LogP contribution < -0.4 is 4.74 Å². The summed E-state index contributed by atoms with van der Waals surface area (Å²) < 4.78 is 7.64. The molecule has 0 aromatic carbocycles. The summed E-state index contributed by atoms with van der Waals surface area (Å²) in [6, 6.07) is 4.16. The van der Waals surface area contributed by atoms with E-state index in [1.165, 1.54) is 37.8 Å². The van der Waals surface area contributed by atoms with Gasteiger partial charge in [-0.2, -0.15) is 0 Å². The van der Waals surface area contributed by atoms with E-state index in [2.05, 4.69) is 11.1 Å². The maximum atomic E-state index is 5.63. The molecule has 4 nitrogen and oxygen atoms in total. The van der Waals surface area contributed by atoms with Gasteiger partial charge in [-0.15, -0.1) is 0 Å². The second-order valence-corrected chi connectivity index (χ2v) is 5.33. The van der Waals surface area contributed by atoms with Gasteiger partial charge in [0.05, 0.1) is 18.6 Å². The lowest BCUT2D eigenvalue weighted by Crippen LogP contribution is -2.09. The van der Waals surface area contributed by atoms with Crippen LogP contribution in [0.3, 0.4) is 0 Å². The fourth-order valence-corrected chi connectivity index (χ4v) is 2.90. The lowest BCUT2D eigenvalue weighted by Gasteiger charge is -2.22. The molecule has 1 fully saturated rings. The fraction of sp³-hybridized carbons (Fsp3) is 0.500. The van der Waals surface area contributed by atoms with E-state index in [9.17, 15) is 0 Å². The van der Waals surface area contributed by atoms with Crippen LogP contribution in [0.5, 0.6) is 5.88 Å². The third-order valence-corrected chi connectivity index (χ3v) is 3.92. The van der Waals surface area contributed by atoms with Gasteiger partial charge in [0.15, 0.2) is 0 Å². The number of hydrogen-bond acceptors (Lipinski definition) is 3. The maximum Gasteiger partial charge on any atom is 0.215 e. The van der Waals surface area contributed by atoms with Crippen molar-refractivity contribution in [3.05, 3.63) is 36.5 Å². The molecule has 3 rings (SSSR count). The molecule has 1 aliphatic carbocycles. The van der Waals surface area contributed by atoms with Crippen LogP contribution in [0.2, 0.25) is 0 Å². The van der Waals surface area contributed by atoms with Crippen molar-refractivity contribution in [3.8, 4) is 11.6 Å². The molecule has 0 radical (unpaired) electrons. The van der Waals surface area contributed by atoms with Crippen LogP contribution in [0.1, 0.15) is 50.6 Å². The number of rotatable bonds is 4. The summed E-state index contributed by atoms with van der Waals surface area (Å²) >= 11 is 0. The molecular weight excluding hydrogens is 250 g/mol. The number of pyridine rings is 1. The van der Waals surface area contributed by atoms with Gasteiger partial charge in [0.2, 0.25) is 5.88 Å². The molecule has 0 unspecified atom stereocenters. The molecule has 2 aromatic heterocycles. The molecule has 0 atom stereocenters. The SMILES string of the molecule is CCOc1cc(-n2ccnc2)cc(C2CCCCC2)n1. The zero-order chi connectivity index (χ0) is 13.8. The number of ether oxygens (including phenoxy) is 1. The molecule has 4 heteroatoms. The zero-order valence-electron chi connectivity index (χ0n) is 12.0. The topological polar surface area (TPSA) is 39.9 Å². The van der Waals surface area contributed by atoms with Gasteiger partial charge in [0.25, 0.3) is 0 Å². The average molecular weight is 271 g/mol.